The van der Waals surface area contributed by atoms with Gasteiger partial charge in [0, 0.05) is 5.92 Å². The zero-order valence-corrected chi connectivity index (χ0v) is 13.0. The maximum atomic E-state index is 12.3. The van der Waals surface area contributed by atoms with Crippen molar-refractivity contribution >= 4 is 21.7 Å². The van der Waals surface area contributed by atoms with Gasteiger partial charge < -0.3 is 16.2 Å². The second kappa shape index (κ2) is 5.31. The van der Waals surface area contributed by atoms with Gasteiger partial charge in [-0.25, -0.2) is 13.2 Å². The van der Waals surface area contributed by atoms with E-state index in [-0.39, 0.29) is 6.42 Å². The van der Waals surface area contributed by atoms with Gasteiger partial charge >= 0.3 is 5.97 Å². The number of hydrogen-bond donors (Lipinski definition) is 3. The molecule has 1 aromatic carbocycles. The Morgan fingerprint density at radius 2 is 2.00 bits per heavy atom. The number of nitrogens with one attached hydrogen (secondary N) is 1. The predicted molar refractivity (Wildman–Crippen MR) is 82.0 cm³/mol. The van der Waals surface area contributed by atoms with Gasteiger partial charge in [0.2, 0.25) is 5.91 Å². The Hall–Kier alpha value is -1.93. The maximum Gasteiger partial charge on any atom is 0.330 e. The molecule has 3 rings (SSSR count). The number of aliphatic carboxylic acids is 1. The van der Waals surface area contributed by atoms with Crippen LogP contribution in [0.15, 0.2) is 30.3 Å². The van der Waals surface area contributed by atoms with Crippen LogP contribution in [-0.4, -0.2) is 48.0 Å². The van der Waals surface area contributed by atoms with Crippen LogP contribution in [0.5, 0.6) is 0 Å². The molecule has 0 aromatic heterocycles. The van der Waals surface area contributed by atoms with Crippen LogP contribution < -0.4 is 11.1 Å². The number of benzene rings is 1. The number of carbonyl (C=O) groups excluding carboxylic acids is 1. The van der Waals surface area contributed by atoms with Gasteiger partial charge in [-0.3, -0.25) is 4.79 Å². The molecule has 1 saturated carbocycles. The van der Waals surface area contributed by atoms with E-state index in [0.29, 0.717) is 0 Å². The van der Waals surface area contributed by atoms with Gasteiger partial charge in [-0.05, 0) is 18.4 Å². The molecule has 1 radical (unpaired) electrons. The molecule has 1 heterocycles. The molecule has 0 bridgehead atoms. The standard InChI is InChI=1S/C15H17N2O5S/c16-11(6-9-4-2-1-3-5-9)13(18)17-15(14(19)20)8-23(21,22)12-7-10(12)15/h1-5,7,10-12H,6,8,16H2,(H,17,18)(H,19,20)/t10-,11+,12+,15+/m1/s1. The van der Waals surface area contributed by atoms with E-state index in [1.807, 2.05) is 30.3 Å². The lowest BCUT2D eigenvalue weighted by Crippen LogP contribution is -2.61. The second-order valence-electron chi connectivity index (χ2n) is 6.05. The Morgan fingerprint density at radius 1 is 1.35 bits per heavy atom. The van der Waals surface area contributed by atoms with Gasteiger partial charge in [0.1, 0.15) is 0 Å². The quantitative estimate of drug-likeness (QED) is 0.641. The minimum Gasteiger partial charge on any atom is -0.479 e. The first-order valence-corrected chi connectivity index (χ1v) is 8.89. The van der Waals surface area contributed by atoms with Gasteiger partial charge in [-0.2, -0.15) is 0 Å². The van der Waals surface area contributed by atoms with E-state index in [1.54, 1.807) is 0 Å². The SMILES string of the molecule is N[C@@H](Cc1ccccc1)C(=O)N[C@@]1(C(=O)O)CS(=O)(=O)[C@H]2[CH][C@H]21. The largest absolute Gasteiger partial charge is 0.479 e. The summed E-state index contributed by atoms with van der Waals surface area (Å²) in [4.78, 5) is 23.9. The zero-order valence-electron chi connectivity index (χ0n) is 12.2. The van der Waals surface area contributed by atoms with Crippen molar-refractivity contribution in [2.45, 2.75) is 23.3 Å². The molecule has 2 fully saturated rings. The molecule has 1 aliphatic carbocycles. The van der Waals surface area contributed by atoms with E-state index in [2.05, 4.69) is 5.32 Å². The minimum absolute atomic E-state index is 0.243. The molecule has 1 aromatic rings. The molecule has 1 aliphatic heterocycles. The molecule has 4 atom stereocenters. The van der Waals surface area contributed by atoms with E-state index in [0.717, 1.165) is 5.56 Å². The number of carboxylic acids is 1. The first-order chi connectivity index (χ1) is 10.8. The monoisotopic (exact) mass is 337 g/mol. The van der Waals surface area contributed by atoms with Crippen LogP contribution in [-0.2, 0) is 25.8 Å². The molecule has 0 unspecified atom stereocenters. The van der Waals surface area contributed by atoms with E-state index in [9.17, 15) is 23.1 Å². The molecule has 1 amide bonds. The Kier molecular flexibility index (Phi) is 3.68. The average Bonchev–Trinajstić information content (AvgIpc) is 3.24. The highest BCUT2D eigenvalue weighted by Gasteiger charge is 2.71. The molecule has 2 aliphatic rings. The second-order valence-corrected chi connectivity index (χ2v) is 8.21. The van der Waals surface area contributed by atoms with E-state index in [1.165, 1.54) is 6.42 Å². The highest BCUT2D eigenvalue weighted by atomic mass is 32.2. The fourth-order valence-electron chi connectivity index (χ4n) is 3.09. The number of carboxylic acid groups (broad SMARTS) is 1. The number of hydrogen-bond acceptors (Lipinski definition) is 5. The highest BCUT2D eigenvalue weighted by Crippen LogP contribution is 2.51. The lowest BCUT2D eigenvalue weighted by molar-refractivity contribution is -0.147. The molecule has 1 saturated heterocycles. The normalized spacial score (nSPS) is 31.9. The first-order valence-electron chi connectivity index (χ1n) is 7.18. The molecule has 7 nitrogen and oxygen atoms in total. The smallest absolute Gasteiger partial charge is 0.330 e. The number of nitrogens with two attached hydrogens (primary N) is 1. The first kappa shape index (κ1) is 15.9. The topological polar surface area (TPSA) is 127 Å². The van der Waals surface area contributed by atoms with Crippen LogP contribution in [0.25, 0.3) is 0 Å². The van der Waals surface area contributed by atoms with Crippen molar-refractivity contribution in [1.29, 1.82) is 0 Å². The van der Waals surface area contributed by atoms with Crippen LogP contribution in [0.1, 0.15) is 5.56 Å². The van der Waals surface area contributed by atoms with Crippen LogP contribution in [0, 0.1) is 12.3 Å². The van der Waals surface area contributed by atoms with Crippen molar-refractivity contribution in [2.75, 3.05) is 5.75 Å². The Balaban J connectivity index is 1.74. The van der Waals surface area contributed by atoms with Crippen LogP contribution in [0.3, 0.4) is 0 Å². The van der Waals surface area contributed by atoms with E-state index >= 15 is 0 Å². The van der Waals surface area contributed by atoms with Crippen molar-refractivity contribution in [3.63, 3.8) is 0 Å². The van der Waals surface area contributed by atoms with E-state index < -0.39 is 50.2 Å². The third-order valence-corrected chi connectivity index (χ3v) is 6.52. The lowest BCUT2D eigenvalue weighted by Gasteiger charge is -2.28. The third-order valence-electron chi connectivity index (χ3n) is 4.39. The Morgan fingerprint density at radius 3 is 2.48 bits per heavy atom. The molecule has 4 N–H and O–H groups in total. The fraction of sp³-hybridized carbons (Fsp3) is 0.400. The van der Waals surface area contributed by atoms with Crippen LogP contribution in [0.4, 0.5) is 0 Å². The summed E-state index contributed by atoms with van der Waals surface area (Å²) in [7, 11) is -3.53. The number of rotatable bonds is 5. The van der Waals surface area contributed by atoms with Gasteiger partial charge in [0.25, 0.3) is 0 Å². The van der Waals surface area contributed by atoms with Crippen LogP contribution in [0.2, 0.25) is 0 Å². The third kappa shape index (κ3) is 2.72. The summed E-state index contributed by atoms with van der Waals surface area (Å²) >= 11 is 0. The summed E-state index contributed by atoms with van der Waals surface area (Å²) in [6.45, 7) is 0. The zero-order chi connectivity index (χ0) is 16.8. The minimum atomic E-state index is -3.53. The number of fused-ring (bicyclic) bond motifs is 1. The molecule has 123 valence electrons. The summed E-state index contributed by atoms with van der Waals surface area (Å²) in [6, 6.07) is 8.13. The predicted octanol–water partition coefficient (Wildman–Crippen LogP) is -0.873. The number of sulfone groups is 1. The van der Waals surface area contributed by atoms with Crippen LogP contribution >= 0.6 is 0 Å². The number of carbonyl (C=O) groups is 2. The number of amides is 1. The van der Waals surface area contributed by atoms with Crippen molar-refractivity contribution in [2.24, 2.45) is 11.7 Å². The van der Waals surface area contributed by atoms with Crippen molar-refractivity contribution in [3.8, 4) is 0 Å². The van der Waals surface area contributed by atoms with Crippen molar-refractivity contribution in [3.05, 3.63) is 42.3 Å². The van der Waals surface area contributed by atoms with Gasteiger partial charge in [0.15, 0.2) is 15.4 Å². The van der Waals surface area contributed by atoms with E-state index in [4.69, 9.17) is 5.73 Å². The lowest BCUT2D eigenvalue weighted by atomic mass is 9.94. The molecular formula is C15H17N2O5S. The summed E-state index contributed by atoms with van der Waals surface area (Å²) in [5.41, 5.74) is 4.89. The summed E-state index contributed by atoms with van der Waals surface area (Å²) < 4.78 is 23.8. The maximum absolute atomic E-state index is 12.3. The molecule has 8 heteroatoms. The van der Waals surface area contributed by atoms with Gasteiger partial charge in [-0.1, -0.05) is 30.3 Å². The van der Waals surface area contributed by atoms with Gasteiger partial charge in [-0.15, -0.1) is 0 Å². The summed E-state index contributed by atoms with van der Waals surface area (Å²) in [5.74, 6) is -3.28. The average molecular weight is 337 g/mol. The fourth-order valence-corrected chi connectivity index (χ4v) is 5.39. The molecule has 0 spiro atoms. The highest BCUT2D eigenvalue weighted by molar-refractivity contribution is 7.93. The molecular weight excluding hydrogens is 320 g/mol. The summed E-state index contributed by atoms with van der Waals surface area (Å²) in [5, 5.41) is 11.1. The summed E-state index contributed by atoms with van der Waals surface area (Å²) in [6.07, 6.45) is 1.68. The Bertz CT molecular complexity index is 748. The molecule has 23 heavy (non-hydrogen) atoms. The van der Waals surface area contributed by atoms with Crippen molar-refractivity contribution in [1.82, 2.24) is 5.32 Å². The Labute approximate surface area is 133 Å². The van der Waals surface area contributed by atoms with Gasteiger partial charge in [0.05, 0.1) is 17.0 Å². The van der Waals surface area contributed by atoms with Crippen molar-refractivity contribution < 1.29 is 23.1 Å².